The van der Waals surface area contributed by atoms with Crippen LogP contribution < -0.4 is 0 Å². The maximum absolute atomic E-state index is 10.2. The van der Waals surface area contributed by atoms with Crippen molar-refractivity contribution >= 4 is 5.97 Å². The zero-order chi connectivity index (χ0) is 9.56. The predicted molar refractivity (Wildman–Crippen MR) is 48.9 cm³/mol. The molecule has 3 heteroatoms. The van der Waals surface area contributed by atoms with E-state index in [0.717, 1.165) is 18.9 Å². The van der Waals surface area contributed by atoms with Gasteiger partial charge in [0, 0.05) is 25.4 Å². The SMILES string of the molecule is CCCC(C)N(C)C=CC(=O)O. The first kappa shape index (κ1) is 11.0. The van der Waals surface area contributed by atoms with E-state index in [1.807, 2.05) is 11.9 Å². The van der Waals surface area contributed by atoms with Gasteiger partial charge in [-0.25, -0.2) is 4.79 Å². The summed E-state index contributed by atoms with van der Waals surface area (Å²) in [6, 6.07) is 0.408. The van der Waals surface area contributed by atoms with Gasteiger partial charge in [-0.1, -0.05) is 13.3 Å². The van der Waals surface area contributed by atoms with Crippen molar-refractivity contribution in [2.24, 2.45) is 0 Å². The Morgan fingerprint density at radius 3 is 2.67 bits per heavy atom. The maximum Gasteiger partial charge on any atom is 0.329 e. The molecule has 0 amide bonds. The zero-order valence-electron chi connectivity index (χ0n) is 7.95. The quantitative estimate of drug-likeness (QED) is 0.640. The molecule has 0 aromatic carbocycles. The van der Waals surface area contributed by atoms with Crippen LogP contribution in [0.1, 0.15) is 26.7 Å². The molecule has 0 heterocycles. The monoisotopic (exact) mass is 171 g/mol. The van der Waals surface area contributed by atoms with Crippen LogP contribution in [0.15, 0.2) is 12.3 Å². The average Bonchev–Trinajstić information content (AvgIpc) is 2.00. The number of hydrogen-bond acceptors (Lipinski definition) is 2. The lowest BCUT2D eigenvalue weighted by Gasteiger charge is -2.21. The molecule has 0 saturated carbocycles. The van der Waals surface area contributed by atoms with E-state index in [1.54, 1.807) is 6.20 Å². The molecular weight excluding hydrogens is 154 g/mol. The molecule has 1 unspecified atom stereocenters. The van der Waals surface area contributed by atoms with Crippen molar-refractivity contribution in [3.05, 3.63) is 12.3 Å². The summed E-state index contributed by atoms with van der Waals surface area (Å²) < 4.78 is 0. The third-order valence-electron chi connectivity index (χ3n) is 1.85. The number of aliphatic carboxylic acids is 1. The van der Waals surface area contributed by atoms with Crippen LogP contribution in [0.2, 0.25) is 0 Å². The van der Waals surface area contributed by atoms with Gasteiger partial charge in [-0.05, 0) is 13.3 Å². The fourth-order valence-electron chi connectivity index (χ4n) is 0.950. The van der Waals surface area contributed by atoms with Crippen LogP contribution in [0, 0.1) is 0 Å². The number of carboxylic acids is 1. The van der Waals surface area contributed by atoms with E-state index in [4.69, 9.17) is 5.11 Å². The highest BCUT2D eigenvalue weighted by Crippen LogP contribution is 2.03. The zero-order valence-corrected chi connectivity index (χ0v) is 7.95. The highest BCUT2D eigenvalue weighted by atomic mass is 16.4. The molecule has 0 fully saturated rings. The van der Waals surface area contributed by atoms with Crippen LogP contribution in [0.4, 0.5) is 0 Å². The van der Waals surface area contributed by atoms with Crippen LogP contribution in [-0.2, 0) is 4.79 Å². The second-order valence-corrected chi connectivity index (χ2v) is 2.96. The smallest absolute Gasteiger partial charge is 0.329 e. The highest BCUT2D eigenvalue weighted by molar-refractivity contribution is 5.79. The molecule has 1 atom stereocenters. The average molecular weight is 171 g/mol. The number of nitrogens with zero attached hydrogens (tertiary/aromatic N) is 1. The molecule has 1 N–H and O–H groups in total. The maximum atomic E-state index is 10.2. The normalized spacial score (nSPS) is 13.2. The van der Waals surface area contributed by atoms with E-state index < -0.39 is 5.97 Å². The second kappa shape index (κ2) is 5.63. The molecule has 0 rings (SSSR count). The molecule has 0 aromatic heterocycles. The number of carboxylic acid groups (broad SMARTS) is 1. The Morgan fingerprint density at radius 1 is 1.67 bits per heavy atom. The van der Waals surface area contributed by atoms with Crippen molar-refractivity contribution in [1.82, 2.24) is 4.90 Å². The number of rotatable bonds is 5. The highest BCUT2D eigenvalue weighted by Gasteiger charge is 2.02. The van der Waals surface area contributed by atoms with Crippen LogP contribution in [0.25, 0.3) is 0 Å². The van der Waals surface area contributed by atoms with E-state index in [0.29, 0.717) is 6.04 Å². The van der Waals surface area contributed by atoms with Crippen LogP contribution in [-0.4, -0.2) is 29.1 Å². The Labute approximate surface area is 73.7 Å². The van der Waals surface area contributed by atoms with E-state index in [-0.39, 0.29) is 0 Å². The predicted octanol–water partition coefficient (Wildman–Crippen LogP) is 1.71. The molecule has 0 aliphatic rings. The summed E-state index contributed by atoms with van der Waals surface area (Å²) in [5.41, 5.74) is 0. The third kappa shape index (κ3) is 4.77. The van der Waals surface area contributed by atoms with Crippen LogP contribution in [0.3, 0.4) is 0 Å². The first-order valence-corrected chi connectivity index (χ1v) is 4.21. The first-order chi connectivity index (χ1) is 5.57. The van der Waals surface area contributed by atoms with E-state index in [1.165, 1.54) is 0 Å². The van der Waals surface area contributed by atoms with E-state index in [9.17, 15) is 4.79 Å². The Morgan fingerprint density at radius 2 is 2.25 bits per heavy atom. The topological polar surface area (TPSA) is 40.5 Å². The van der Waals surface area contributed by atoms with Crippen molar-refractivity contribution in [3.63, 3.8) is 0 Å². The molecule has 3 nitrogen and oxygen atoms in total. The summed E-state index contributed by atoms with van der Waals surface area (Å²) in [5.74, 6) is -0.898. The van der Waals surface area contributed by atoms with Crippen LogP contribution in [0.5, 0.6) is 0 Å². The standard InChI is InChI=1S/C9H17NO2/c1-4-5-8(2)10(3)7-6-9(11)12/h6-8H,4-5H2,1-3H3,(H,11,12). The molecule has 0 aromatic rings. The largest absolute Gasteiger partial charge is 0.478 e. The summed E-state index contributed by atoms with van der Waals surface area (Å²) in [4.78, 5) is 12.1. The minimum absolute atomic E-state index is 0.408. The molecular formula is C9H17NO2. The Balaban J connectivity index is 3.85. The number of hydrogen-bond donors (Lipinski definition) is 1. The first-order valence-electron chi connectivity index (χ1n) is 4.21. The molecule has 0 radical (unpaired) electrons. The van der Waals surface area contributed by atoms with Gasteiger partial charge in [0.05, 0.1) is 0 Å². The van der Waals surface area contributed by atoms with Crippen molar-refractivity contribution < 1.29 is 9.90 Å². The fourth-order valence-corrected chi connectivity index (χ4v) is 0.950. The molecule has 0 spiro atoms. The summed E-state index contributed by atoms with van der Waals surface area (Å²) in [7, 11) is 1.89. The molecule has 0 saturated heterocycles. The van der Waals surface area contributed by atoms with Gasteiger partial charge in [-0.15, -0.1) is 0 Å². The third-order valence-corrected chi connectivity index (χ3v) is 1.85. The summed E-state index contributed by atoms with van der Waals surface area (Å²) in [5, 5.41) is 8.36. The lowest BCUT2D eigenvalue weighted by molar-refractivity contribution is -0.131. The van der Waals surface area contributed by atoms with Crippen LogP contribution >= 0.6 is 0 Å². The summed E-state index contributed by atoms with van der Waals surface area (Å²) in [6.07, 6.45) is 4.96. The Bertz CT molecular complexity index is 166. The Hall–Kier alpha value is -0.990. The van der Waals surface area contributed by atoms with Crippen molar-refractivity contribution in [1.29, 1.82) is 0 Å². The Kier molecular flexibility index (Phi) is 5.17. The molecule has 12 heavy (non-hydrogen) atoms. The van der Waals surface area contributed by atoms with Gasteiger partial charge in [-0.2, -0.15) is 0 Å². The molecule has 0 aliphatic heterocycles. The summed E-state index contributed by atoms with van der Waals surface area (Å²) in [6.45, 7) is 4.20. The van der Waals surface area contributed by atoms with E-state index in [2.05, 4.69) is 13.8 Å². The lowest BCUT2D eigenvalue weighted by atomic mass is 10.2. The molecule has 0 bridgehead atoms. The second-order valence-electron chi connectivity index (χ2n) is 2.96. The van der Waals surface area contributed by atoms with Gasteiger partial charge in [0.2, 0.25) is 0 Å². The van der Waals surface area contributed by atoms with Crippen molar-refractivity contribution in [2.75, 3.05) is 7.05 Å². The van der Waals surface area contributed by atoms with Gasteiger partial charge in [0.25, 0.3) is 0 Å². The molecule has 0 aliphatic carbocycles. The van der Waals surface area contributed by atoms with E-state index >= 15 is 0 Å². The van der Waals surface area contributed by atoms with Gasteiger partial charge in [0.15, 0.2) is 0 Å². The van der Waals surface area contributed by atoms with Crippen molar-refractivity contribution in [3.8, 4) is 0 Å². The lowest BCUT2D eigenvalue weighted by Crippen LogP contribution is -2.23. The fraction of sp³-hybridized carbons (Fsp3) is 0.667. The summed E-state index contributed by atoms with van der Waals surface area (Å²) >= 11 is 0. The van der Waals surface area contributed by atoms with Gasteiger partial charge in [0.1, 0.15) is 0 Å². The minimum atomic E-state index is -0.898. The van der Waals surface area contributed by atoms with Crippen molar-refractivity contribution in [2.45, 2.75) is 32.7 Å². The molecule has 70 valence electrons. The number of carbonyl (C=O) groups is 1. The van der Waals surface area contributed by atoms with Gasteiger partial charge >= 0.3 is 5.97 Å². The minimum Gasteiger partial charge on any atom is -0.478 e. The van der Waals surface area contributed by atoms with Gasteiger partial charge in [-0.3, -0.25) is 0 Å². The van der Waals surface area contributed by atoms with Gasteiger partial charge < -0.3 is 10.0 Å².